The van der Waals surface area contributed by atoms with Crippen LogP contribution in [0.4, 0.5) is 4.39 Å². The fourth-order valence-corrected chi connectivity index (χ4v) is 3.16. The summed E-state index contributed by atoms with van der Waals surface area (Å²) in [7, 11) is 0. The maximum absolute atomic E-state index is 13.7. The zero-order valence-electron chi connectivity index (χ0n) is 15.2. The fraction of sp³-hybridized carbons (Fsp3) is 0.444. The Hall–Kier alpha value is -1.20. The summed E-state index contributed by atoms with van der Waals surface area (Å²) in [6.45, 7) is 7.70. The van der Waals surface area contributed by atoms with Gasteiger partial charge in [0.15, 0.2) is 5.96 Å². The van der Waals surface area contributed by atoms with Crippen molar-refractivity contribution in [1.29, 1.82) is 0 Å². The van der Waals surface area contributed by atoms with Gasteiger partial charge >= 0.3 is 0 Å². The van der Waals surface area contributed by atoms with Crippen LogP contribution >= 0.6 is 39.9 Å². The molecule has 0 amide bonds. The van der Waals surface area contributed by atoms with Crippen LogP contribution in [0, 0.1) is 5.82 Å². The van der Waals surface area contributed by atoms with Gasteiger partial charge in [-0.1, -0.05) is 11.2 Å². The molecule has 1 aliphatic rings. The topological polar surface area (TPSA) is 56.9 Å². The summed E-state index contributed by atoms with van der Waals surface area (Å²) in [4.78, 5) is 9.23. The summed E-state index contributed by atoms with van der Waals surface area (Å²) in [6, 6.07) is 7.14. The van der Waals surface area contributed by atoms with Gasteiger partial charge in [0.25, 0.3) is 0 Å². The van der Waals surface area contributed by atoms with E-state index < -0.39 is 0 Å². The number of aliphatic imine (C=N–C) groups is 1. The van der Waals surface area contributed by atoms with Crippen LogP contribution in [0.2, 0.25) is 0 Å². The van der Waals surface area contributed by atoms with Gasteiger partial charge in [-0.3, -0.25) is 4.90 Å². The van der Waals surface area contributed by atoms with Gasteiger partial charge in [0.1, 0.15) is 17.8 Å². The van der Waals surface area contributed by atoms with E-state index in [1.165, 1.54) is 0 Å². The van der Waals surface area contributed by atoms with E-state index in [1.807, 2.05) is 12.1 Å². The number of piperazine rings is 1. The van der Waals surface area contributed by atoms with Crippen LogP contribution in [0.25, 0.3) is 0 Å². The molecule has 1 aromatic carbocycles. The van der Waals surface area contributed by atoms with Crippen molar-refractivity contribution in [3.8, 4) is 0 Å². The number of guanidine groups is 1. The molecule has 3 rings (SSSR count). The van der Waals surface area contributed by atoms with Crippen LogP contribution in [-0.4, -0.2) is 53.6 Å². The van der Waals surface area contributed by atoms with Gasteiger partial charge in [-0.25, -0.2) is 9.38 Å². The second-order valence-corrected chi connectivity index (χ2v) is 7.03. The zero-order valence-corrected chi connectivity index (χ0v) is 19.1. The Balaban J connectivity index is 0.00000261. The van der Waals surface area contributed by atoms with Crippen molar-refractivity contribution in [1.82, 2.24) is 20.3 Å². The van der Waals surface area contributed by atoms with Crippen LogP contribution < -0.4 is 5.32 Å². The van der Waals surface area contributed by atoms with Crippen molar-refractivity contribution in [3.63, 3.8) is 0 Å². The molecule has 1 saturated heterocycles. The first-order valence-electron chi connectivity index (χ1n) is 8.74. The number of rotatable bonds is 5. The molecule has 0 radical (unpaired) electrons. The highest BCUT2D eigenvalue weighted by atomic mass is 127. The van der Waals surface area contributed by atoms with Gasteiger partial charge in [0, 0.05) is 45.3 Å². The SMILES string of the molecule is CCNC(=NCc1ccon1)N1CCN(Cc2ccc(Br)c(F)c2)CC1.I. The van der Waals surface area contributed by atoms with Gasteiger partial charge in [-0.15, -0.1) is 24.0 Å². The van der Waals surface area contributed by atoms with Crippen LogP contribution in [0.15, 0.2) is 44.5 Å². The number of nitrogens with one attached hydrogen (secondary N) is 1. The maximum atomic E-state index is 13.7. The predicted molar refractivity (Wildman–Crippen MR) is 118 cm³/mol. The van der Waals surface area contributed by atoms with E-state index in [0.717, 1.165) is 56.5 Å². The Morgan fingerprint density at radius 1 is 1.30 bits per heavy atom. The van der Waals surface area contributed by atoms with Crippen molar-refractivity contribution < 1.29 is 8.91 Å². The number of hydrogen-bond donors (Lipinski definition) is 1. The normalized spacial score (nSPS) is 15.5. The molecule has 1 fully saturated rings. The van der Waals surface area contributed by atoms with Crippen LogP contribution in [0.5, 0.6) is 0 Å². The highest BCUT2D eigenvalue weighted by molar-refractivity contribution is 14.0. The summed E-state index contributed by atoms with van der Waals surface area (Å²) in [5.74, 6) is 0.681. The van der Waals surface area contributed by atoms with Crippen molar-refractivity contribution in [2.45, 2.75) is 20.0 Å². The summed E-state index contributed by atoms with van der Waals surface area (Å²) in [6.07, 6.45) is 1.56. The van der Waals surface area contributed by atoms with E-state index in [-0.39, 0.29) is 29.8 Å². The van der Waals surface area contributed by atoms with E-state index in [0.29, 0.717) is 11.0 Å². The number of nitrogens with zero attached hydrogens (tertiary/aromatic N) is 4. The molecule has 0 unspecified atom stereocenters. The quantitative estimate of drug-likeness (QED) is 0.350. The summed E-state index contributed by atoms with van der Waals surface area (Å²) >= 11 is 3.20. The largest absolute Gasteiger partial charge is 0.364 e. The molecule has 0 bridgehead atoms. The molecular weight excluding hydrogens is 528 g/mol. The fourth-order valence-electron chi connectivity index (χ4n) is 2.91. The molecule has 148 valence electrons. The Kier molecular flexibility index (Phi) is 8.97. The number of benzene rings is 1. The van der Waals surface area contributed by atoms with Gasteiger partial charge in [-0.2, -0.15) is 0 Å². The maximum Gasteiger partial charge on any atom is 0.194 e. The lowest BCUT2D eigenvalue weighted by Gasteiger charge is -2.36. The lowest BCUT2D eigenvalue weighted by atomic mass is 10.2. The minimum absolute atomic E-state index is 0. The predicted octanol–water partition coefficient (Wildman–Crippen LogP) is 3.48. The highest BCUT2D eigenvalue weighted by Crippen LogP contribution is 2.18. The minimum Gasteiger partial charge on any atom is -0.364 e. The second-order valence-electron chi connectivity index (χ2n) is 6.17. The third-order valence-corrected chi connectivity index (χ3v) is 4.92. The third-order valence-electron chi connectivity index (χ3n) is 4.28. The van der Waals surface area contributed by atoms with Crippen LogP contribution in [0.1, 0.15) is 18.2 Å². The van der Waals surface area contributed by atoms with Gasteiger partial charge < -0.3 is 14.7 Å². The molecule has 9 heteroatoms. The molecule has 27 heavy (non-hydrogen) atoms. The average molecular weight is 552 g/mol. The number of halogens is 3. The molecule has 0 spiro atoms. The van der Waals surface area contributed by atoms with E-state index in [4.69, 9.17) is 4.52 Å². The Morgan fingerprint density at radius 2 is 2.07 bits per heavy atom. The van der Waals surface area contributed by atoms with Crippen LogP contribution in [-0.2, 0) is 13.1 Å². The smallest absolute Gasteiger partial charge is 0.194 e. The molecule has 6 nitrogen and oxygen atoms in total. The monoisotopic (exact) mass is 551 g/mol. The average Bonchev–Trinajstić information content (AvgIpc) is 3.16. The van der Waals surface area contributed by atoms with Gasteiger partial charge in [0.2, 0.25) is 0 Å². The Morgan fingerprint density at radius 3 is 2.70 bits per heavy atom. The van der Waals surface area contributed by atoms with E-state index in [1.54, 1.807) is 18.4 Å². The van der Waals surface area contributed by atoms with Crippen molar-refractivity contribution in [2.75, 3.05) is 32.7 Å². The second kappa shape index (κ2) is 11.0. The third kappa shape index (κ3) is 6.42. The van der Waals surface area contributed by atoms with E-state index in [9.17, 15) is 4.39 Å². The standard InChI is InChI=1S/C18H23BrFN5O.HI/c1-2-21-18(22-12-15-5-10-26-23-15)25-8-6-24(7-9-25)13-14-3-4-16(19)17(20)11-14;/h3-5,10-11H,2,6-9,12-13H2,1H3,(H,21,22);1H. The molecule has 0 atom stereocenters. The van der Waals surface area contributed by atoms with Crippen molar-refractivity contribution in [2.24, 2.45) is 4.99 Å². The van der Waals surface area contributed by atoms with Gasteiger partial charge in [-0.05, 0) is 40.5 Å². The van der Waals surface area contributed by atoms with Crippen molar-refractivity contribution >= 4 is 45.9 Å². The summed E-state index contributed by atoms with van der Waals surface area (Å²) in [5, 5.41) is 7.23. The lowest BCUT2D eigenvalue weighted by Crippen LogP contribution is -2.52. The highest BCUT2D eigenvalue weighted by Gasteiger charge is 2.20. The number of hydrogen-bond acceptors (Lipinski definition) is 4. The molecule has 1 aromatic heterocycles. The van der Waals surface area contributed by atoms with Crippen molar-refractivity contribution in [3.05, 3.63) is 52.1 Å². The lowest BCUT2D eigenvalue weighted by molar-refractivity contribution is 0.172. The first-order chi connectivity index (χ1) is 12.7. The van der Waals surface area contributed by atoms with E-state index in [2.05, 4.69) is 48.1 Å². The Labute approximate surface area is 184 Å². The summed E-state index contributed by atoms with van der Waals surface area (Å²) in [5.41, 5.74) is 1.81. The molecule has 2 heterocycles. The molecule has 0 aliphatic carbocycles. The molecule has 0 saturated carbocycles. The Bertz CT molecular complexity index is 735. The number of aromatic nitrogens is 1. The zero-order chi connectivity index (χ0) is 18.4. The first kappa shape index (κ1) is 22.1. The molecule has 1 aliphatic heterocycles. The van der Waals surface area contributed by atoms with Gasteiger partial charge in [0.05, 0.1) is 11.0 Å². The van der Waals surface area contributed by atoms with Crippen LogP contribution in [0.3, 0.4) is 0 Å². The summed E-state index contributed by atoms with van der Waals surface area (Å²) < 4.78 is 19.0. The van der Waals surface area contributed by atoms with E-state index >= 15 is 0 Å². The molecule has 2 aromatic rings. The molecule has 1 N–H and O–H groups in total. The molecular formula is C18H24BrFIN5O. The minimum atomic E-state index is -0.212. The first-order valence-corrected chi connectivity index (χ1v) is 9.54.